The van der Waals surface area contributed by atoms with Gasteiger partial charge in [0.25, 0.3) is 0 Å². The van der Waals surface area contributed by atoms with Crippen LogP contribution in [0.25, 0.3) is 0 Å². The van der Waals surface area contributed by atoms with Gasteiger partial charge < -0.3 is 9.64 Å². The van der Waals surface area contributed by atoms with Gasteiger partial charge in [-0.2, -0.15) is 5.10 Å². The quantitative estimate of drug-likeness (QED) is 0.815. The van der Waals surface area contributed by atoms with E-state index >= 15 is 0 Å². The molecule has 0 aliphatic carbocycles. The average Bonchev–Trinajstić information content (AvgIpc) is 3.20. The highest BCUT2D eigenvalue weighted by Crippen LogP contribution is 2.30. The number of hydrogen-bond donors (Lipinski definition) is 0. The second-order valence-corrected chi connectivity index (χ2v) is 6.24. The summed E-state index contributed by atoms with van der Waals surface area (Å²) in [6, 6.07) is 0.0809. The van der Waals surface area contributed by atoms with E-state index in [0.29, 0.717) is 19.6 Å². The number of fused-ring (bicyclic) bond motifs is 3. The normalized spacial score (nSPS) is 23.4. The van der Waals surface area contributed by atoms with E-state index in [0.717, 1.165) is 30.6 Å². The minimum absolute atomic E-state index is 0.0809. The predicted octanol–water partition coefficient (Wildman–Crippen LogP) is 0.317. The van der Waals surface area contributed by atoms with E-state index in [1.807, 2.05) is 29.0 Å². The van der Waals surface area contributed by atoms with E-state index in [2.05, 4.69) is 15.4 Å². The van der Waals surface area contributed by atoms with Crippen LogP contribution in [0.3, 0.4) is 0 Å². The van der Waals surface area contributed by atoms with Crippen LogP contribution in [0.5, 0.6) is 0 Å². The van der Waals surface area contributed by atoms with Crippen molar-refractivity contribution < 1.29 is 9.53 Å². The number of carbonyl (C=O) groups excluding carboxylic acids is 1. The summed E-state index contributed by atoms with van der Waals surface area (Å²) >= 11 is 0. The van der Waals surface area contributed by atoms with E-state index in [1.54, 1.807) is 10.9 Å². The van der Waals surface area contributed by atoms with Crippen LogP contribution in [-0.4, -0.2) is 54.8 Å². The van der Waals surface area contributed by atoms with E-state index in [1.165, 1.54) is 0 Å². The third-order valence-corrected chi connectivity index (χ3v) is 4.67. The molecule has 2 aromatic heterocycles. The molecule has 1 saturated heterocycles. The Morgan fingerprint density at radius 1 is 1.43 bits per heavy atom. The molecule has 8 nitrogen and oxygen atoms in total. The molecule has 0 bridgehead atoms. The molecule has 1 fully saturated rings. The summed E-state index contributed by atoms with van der Waals surface area (Å²) in [5.74, 6) is 0.180. The number of amides is 1. The second kappa shape index (κ2) is 5.77. The number of nitrogens with zero attached hydrogens (tertiary/aromatic N) is 6. The number of carbonyl (C=O) groups is 1. The summed E-state index contributed by atoms with van der Waals surface area (Å²) in [7, 11) is 1.88. The zero-order valence-corrected chi connectivity index (χ0v) is 13.1. The summed E-state index contributed by atoms with van der Waals surface area (Å²) in [5.41, 5.74) is 2.08. The zero-order valence-electron chi connectivity index (χ0n) is 13.1. The number of hydrogen-bond acceptors (Lipinski definition) is 5. The summed E-state index contributed by atoms with van der Waals surface area (Å²) in [5, 5.41) is 12.3. The van der Waals surface area contributed by atoms with Crippen LogP contribution in [-0.2, 0) is 29.6 Å². The molecule has 4 heterocycles. The maximum Gasteiger partial charge on any atom is 0.222 e. The van der Waals surface area contributed by atoms with Gasteiger partial charge in [0, 0.05) is 32.8 Å². The van der Waals surface area contributed by atoms with Crippen molar-refractivity contribution in [2.75, 3.05) is 13.1 Å². The molecule has 2 aromatic rings. The Hall–Kier alpha value is -2.22. The molecule has 1 amide bonds. The molecule has 23 heavy (non-hydrogen) atoms. The lowest BCUT2D eigenvalue weighted by Crippen LogP contribution is -2.49. The minimum Gasteiger partial charge on any atom is -0.370 e. The van der Waals surface area contributed by atoms with Crippen molar-refractivity contribution in [3.63, 3.8) is 0 Å². The number of rotatable bonds is 3. The van der Waals surface area contributed by atoms with Crippen LogP contribution in [0.4, 0.5) is 0 Å². The Balaban J connectivity index is 1.40. The van der Waals surface area contributed by atoms with Crippen LogP contribution in [0, 0.1) is 0 Å². The maximum atomic E-state index is 12.5. The topological polar surface area (TPSA) is 78.1 Å². The Labute approximate surface area is 134 Å². The van der Waals surface area contributed by atoms with Crippen molar-refractivity contribution in [1.29, 1.82) is 0 Å². The Morgan fingerprint density at radius 3 is 3.17 bits per heavy atom. The number of aromatic nitrogens is 5. The molecule has 0 N–H and O–H groups in total. The minimum atomic E-state index is 0.0809. The fourth-order valence-corrected chi connectivity index (χ4v) is 3.42. The van der Waals surface area contributed by atoms with Crippen molar-refractivity contribution in [3.05, 3.63) is 29.8 Å². The number of piperidine rings is 1. The molecule has 0 radical (unpaired) electrons. The first-order chi connectivity index (χ1) is 11.2. The lowest BCUT2D eigenvalue weighted by atomic mass is 10.00. The van der Waals surface area contributed by atoms with E-state index < -0.39 is 0 Å². The summed E-state index contributed by atoms with van der Waals surface area (Å²) < 4.78 is 9.56. The van der Waals surface area contributed by atoms with Crippen molar-refractivity contribution in [3.8, 4) is 0 Å². The fraction of sp³-hybridized carbons (Fsp3) is 0.600. The average molecular weight is 316 g/mol. The molecule has 2 aliphatic rings. The summed E-state index contributed by atoms with van der Waals surface area (Å²) in [6.07, 6.45) is 7.72. The molecule has 0 unspecified atom stereocenters. The van der Waals surface area contributed by atoms with E-state index in [9.17, 15) is 4.79 Å². The molecular formula is C15H20N6O2. The van der Waals surface area contributed by atoms with Crippen LogP contribution in [0.15, 0.2) is 18.6 Å². The Bertz CT molecular complexity index is 708. The highest BCUT2D eigenvalue weighted by Gasteiger charge is 2.37. The van der Waals surface area contributed by atoms with Gasteiger partial charge in [-0.15, -0.1) is 5.10 Å². The van der Waals surface area contributed by atoms with Gasteiger partial charge in [0.15, 0.2) is 0 Å². The third-order valence-electron chi connectivity index (χ3n) is 4.67. The number of aryl methyl sites for hydroxylation is 2. The smallest absolute Gasteiger partial charge is 0.222 e. The molecule has 2 atom stereocenters. The molecule has 4 rings (SSSR count). The highest BCUT2D eigenvalue weighted by molar-refractivity contribution is 5.76. The van der Waals surface area contributed by atoms with Gasteiger partial charge in [-0.05, 0) is 18.4 Å². The standard InChI is InChI=1S/C15H20N6O2/c1-19-8-11(6-17-19)2-3-15(22)20-5-4-14-13(9-20)21-12(10-23-14)7-16-18-21/h6-8,13-14H,2-5,9-10H2,1H3/t13-,14+/m1/s1. The van der Waals surface area contributed by atoms with Crippen LogP contribution in [0.2, 0.25) is 0 Å². The maximum absolute atomic E-state index is 12.5. The second-order valence-electron chi connectivity index (χ2n) is 6.24. The molecule has 8 heteroatoms. The zero-order chi connectivity index (χ0) is 15.8. The lowest BCUT2D eigenvalue weighted by Gasteiger charge is -2.41. The highest BCUT2D eigenvalue weighted by atomic mass is 16.5. The van der Waals surface area contributed by atoms with Crippen LogP contribution >= 0.6 is 0 Å². The van der Waals surface area contributed by atoms with Gasteiger partial charge in [0.1, 0.15) is 0 Å². The first kappa shape index (κ1) is 14.4. The van der Waals surface area contributed by atoms with Crippen molar-refractivity contribution in [2.45, 2.75) is 38.0 Å². The third kappa shape index (κ3) is 2.74. The molecule has 122 valence electrons. The largest absolute Gasteiger partial charge is 0.370 e. The van der Waals surface area contributed by atoms with Crippen LogP contribution in [0.1, 0.15) is 30.1 Å². The molecule has 0 saturated carbocycles. The van der Waals surface area contributed by atoms with Gasteiger partial charge in [0.05, 0.1) is 36.8 Å². The van der Waals surface area contributed by atoms with Crippen LogP contribution < -0.4 is 0 Å². The first-order valence-corrected chi connectivity index (χ1v) is 7.96. The lowest BCUT2D eigenvalue weighted by molar-refractivity contribution is -0.138. The molecule has 0 spiro atoms. The van der Waals surface area contributed by atoms with Gasteiger partial charge in [-0.1, -0.05) is 5.21 Å². The predicted molar refractivity (Wildman–Crippen MR) is 80.4 cm³/mol. The number of likely N-dealkylation sites (tertiary alicyclic amines) is 1. The SMILES string of the molecule is Cn1cc(CCC(=O)N2CC[C@@H]3OCc4cnnn4[C@@H]3C2)cn1. The summed E-state index contributed by atoms with van der Waals surface area (Å²) in [6.45, 7) is 1.95. The van der Waals surface area contributed by atoms with E-state index in [4.69, 9.17) is 4.74 Å². The van der Waals surface area contributed by atoms with E-state index in [-0.39, 0.29) is 18.1 Å². The van der Waals surface area contributed by atoms with Crippen molar-refractivity contribution in [2.24, 2.45) is 7.05 Å². The molecular weight excluding hydrogens is 296 g/mol. The molecule has 0 aromatic carbocycles. The van der Waals surface area contributed by atoms with Gasteiger partial charge in [-0.25, -0.2) is 4.68 Å². The summed E-state index contributed by atoms with van der Waals surface area (Å²) in [4.78, 5) is 14.4. The van der Waals surface area contributed by atoms with Crippen molar-refractivity contribution >= 4 is 5.91 Å². The Morgan fingerprint density at radius 2 is 2.35 bits per heavy atom. The van der Waals surface area contributed by atoms with Gasteiger partial charge in [-0.3, -0.25) is 9.48 Å². The Kier molecular flexibility index (Phi) is 3.60. The van der Waals surface area contributed by atoms with Crippen molar-refractivity contribution in [1.82, 2.24) is 29.7 Å². The molecule has 2 aliphatic heterocycles. The first-order valence-electron chi connectivity index (χ1n) is 7.96. The number of ether oxygens (including phenoxy) is 1. The van der Waals surface area contributed by atoms with Gasteiger partial charge >= 0.3 is 0 Å². The monoisotopic (exact) mass is 316 g/mol. The fourth-order valence-electron chi connectivity index (χ4n) is 3.42. The van der Waals surface area contributed by atoms with Gasteiger partial charge in [0.2, 0.25) is 5.91 Å².